The summed E-state index contributed by atoms with van der Waals surface area (Å²) >= 11 is 1.64. The number of nitrogens with zero attached hydrogens (tertiary/aromatic N) is 1. The molecule has 0 N–H and O–H groups in total. The third-order valence-electron chi connectivity index (χ3n) is 2.50. The Hall–Kier alpha value is -0.870. The number of amides is 1. The molecule has 0 spiro atoms. The van der Waals surface area contributed by atoms with Gasteiger partial charge in [0, 0.05) is 18.0 Å². The third-order valence-corrected chi connectivity index (χ3v) is 3.38. The molecular formula is C11H15NO2S. The SMILES string of the molecule is C[C@H]1CN(C(=O)Cc2cccs2)CCO1. The van der Waals surface area contributed by atoms with E-state index in [4.69, 9.17) is 4.74 Å². The van der Waals surface area contributed by atoms with Crippen LogP contribution in [0.3, 0.4) is 0 Å². The van der Waals surface area contributed by atoms with E-state index in [2.05, 4.69) is 0 Å². The van der Waals surface area contributed by atoms with Crippen LogP contribution in [0.4, 0.5) is 0 Å². The summed E-state index contributed by atoms with van der Waals surface area (Å²) in [7, 11) is 0. The van der Waals surface area contributed by atoms with Crippen molar-refractivity contribution in [2.24, 2.45) is 0 Å². The molecule has 0 bridgehead atoms. The van der Waals surface area contributed by atoms with Gasteiger partial charge in [-0.2, -0.15) is 0 Å². The number of carbonyl (C=O) groups excluding carboxylic acids is 1. The van der Waals surface area contributed by atoms with Crippen LogP contribution in [0, 0.1) is 0 Å². The first-order valence-corrected chi connectivity index (χ1v) is 6.05. The van der Waals surface area contributed by atoms with E-state index >= 15 is 0 Å². The van der Waals surface area contributed by atoms with Gasteiger partial charge in [-0.15, -0.1) is 11.3 Å². The van der Waals surface area contributed by atoms with Crippen molar-refractivity contribution < 1.29 is 9.53 Å². The Bertz CT molecular complexity index is 323. The molecule has 1 amide bonds. The average molecular weight is 225 g/mol. The van der Waals surface area contributed by atoms with Gasteiger partial charge < -0.3 is 9.64 Å². The second kappa shape index (κ2) is 4.77. The summed E-state index contributed by atoms with van der Waals surface area (Å²) in [5.74, 6) is 0.215. The minimum Gasteiger partial charge on any atom is -0.375 e. The fourth-order valence-corrected chi connectivity index (χ4v) is 2.41. The molecule has 0 aliphatic carbocycles. The van der Waals surface area contributed by atoms with Crippen LogP contribution in [-0.4, -0.2) is 36.6 Å². The van der Waals surface area contributed by atoms with Crippen LogP contribution in [0.5, 0.6) is 0 Å². The van der Waals surface area contributed by atoms with Crippen molar-refractivity contribution in [3.63, 3.8) is 0 Å². The average Bonchev–Trinajstić information content (AvgIpc) is 2.70. The minimum absolute atomic E-state index is 0.172. The van der Waals surface area contributed by atoms with Crippen molar-refractivity contribution in [2.75, 3.05) is 19.7 Å². The summed E-state index contributed by atoms with van der Waals surface area (Å²) in [4.78, 5) is 14.9. The number of ether oxygens (including phenoxy) is 1. The summed E-state index contributed by atoms with van der Waals surface area (Å²) in [6, 6.07) is 3.99. The van der Waals surface area contributed by atoms with Crippen LogP contribution in [0.15, 0.2) is 17.5 Å². The first-order valence-electron chi connectivity index (χ1n) is 5.17. The lowest BCUT2D eigenvalue weighted by atomic mass is 10.2. The zero-order valence-electron chi connectivity index (χ0n) is 8.81. The first-order chi connectivity index (χ1) is 7.25. The molecule has 0 radical (unpaired) electrons. The summed E-state index contributed by atoms with van der Waals surface area (Å²) in [5, 5.41) is 2.00. The van der Waals surface area contributed by atoms with E-state index in [-0.39, 0.29) is 12.0 Å². The number of rotatable bonds is 2. The quantitative estimate of drug-likeness (QED) is 0.764. The van der Waals surface area contributed by atoms with Crippen LogP contribution >= 0.6 is 11.3 Å². The van der Waals surface area contributed by atoms with E-state index in [1.54, 1.807) is 11.3 Å². The number of hydrogen-bond donors (Lipinski definition) is 0. The predicted molar refractivity (Wildman–Crippen MR) is 60.0 cm³/mol. The topological polar surface area (TPSA) is 29.5 Å². The van der Waals surface area contributed by atoms with Gasteiger partial charge in [0.05, 0.1) is 19.1 Å². The Morgan fingerprint density at radius 1 is 1.73 bits per heavy atom. The van der Waals surface area contributed by atoms with Crippen molar-refractivity contribution >= 4 is 17.2 Å². The molecule has 1 aromatic rings. The fraction of sp³-hybridized carbons (Fsp3) is 0.545. The number of thiophene rings is 1. The molecule has 1 aromatic heterocycles. The van der Waals surface area contributed by atoms with E-state index in [0.29, 0.717) is 13.0 Å². The normalized spacial score (nSPS) is 21.7. The minimum atomic E-state index is 0.172. The lowest BCUT2D eigenvalue weighted by molar-refractivity contribution is -0.137. The molecule has 1 aliphatic rings. The molecule has 0 unspecified atom stereocenters. The molecule has 0 saturated carbocycles. The highest BCUT2D eigenvalue weighted by Gasteiger charge is 2.21. The van der Waals surface area contributed by atoms with Crippen LogP contribution in [-0.2, 0) is 16.0 Å². The number of hydrogen-bond acceptors (Lipinski definition) is 3. The zero-order chi connectivity index (χ0) is 10.7. The van der Waals surface area contributed by atoms with Crippen LogP contribution in [0.1, 0.15) is 11.8 Å². The van der Waals surface area contributed by atoms with Gasteiger partial charge in [0.1, 0.15) is 0 Å². The lowest BCUT2D eigenvalue weighted by Crippen LogP contribution is -2.45. The molecule has 1 aliphatic heterocycles. The summed E-state index contributed by atoms with van der Waals surface area (Å²) < 4.78 is 5.40. The van der Waals surface area contributed by atoms with E-state index in [1.165, 1.54) is 0 Å². The van der Waals surface area contributed by atoms with E-state index < -0.39 is 0 Å². The number of carbonyl (C=O) groups is 1. The van der Waals surface area contributed by atoms with Gasteiger partial charge in [-0.25, -0.2) is 0 Å². The van der Waals surface area contributed by atoms with E-state index in [9.17, 15) is 4.79 Å². The molecular weight excluding hydrogens is 210 g/mol. The lowest BCUT2D eigenvalue weighted by Gasteiger charge is -2.31. The number of morpholine rings is 1. The second-order valence-electron chi connectivity index (χ2n) is 3.78. The third kappa shape index (κ3) is 2.79. The molecule has 1 fully saturated rings. The van der Waals surface area contributed by atoms with Crippen molar-refractivity contribution in [2.45, 2.75) is 19.4 Å². The Kier molecular flexibility index (Phi) is 3.38. The summed E-state index contributed by atoms with van der Waals surface area (Å²) in [6.07, 6.45) is 0.704. The highest BCUT2D eigenvalue weighted by molar-refractivity contribution is 7.10. The standard InChI is InChI=1S/C11H15NO2S/c1-9-8-12(4-5-14-9)11(13)7-10-3-2-6-15-10/h2-3,6,9H,4-5,7-8H2,1H3/t9-/m0/s1. The van der Waals surface area contributed by atoms with Gasteiger partial charge in [-0.05, 0) is 18.4 Å². The smallest absolute Gasteiger partial charge is 0.227 e. The van der Waals surface area contributed by atoms with Crippen LogP contribution in [0.2, 0.25) is 0 Å². The first kappa shape index (κ1) is 10.6. The maximum atomic E-state index is 11.9. The van der Waals surface area contributed by atoms with Gasteiger partial charge in [0.25, 0.3) is 0 Å². The maximum absolute atomic E-state index is 11.9. The molecule has 1 atom stereocenters. The predicted octanol–water partition coefficient (Wildman–Crippen LogP) is 1.54. The Labute approximate surface area is 93.7 Å². The molecule has 0 aromatic carbocycles. The van der Waals surface area contributed by atoms with Gasteiger partial charge in [0.15, 0.2) is 0 Å². The van der Waals surface area contributed by atoms with Gasteiger partial charge in [-0.1, -0.05) is 6.07 Å². The molecule has 2 heterocycles. The highest BCUT2D eigenvalue weighted by atomic mass is 32.1. The molecule has 3 nitrogen and oxygen atoms in total. The Balaban J connectivity index is 1.90. The van der Waals surface area contributed by atoms with Crippen molar-refractivity contribution in [3.8, 4) is 0 Å². The zero-order valence-corrected chi connectivity index (χ0v) is 9.63. The largest absolute Gasteiger partial charge is 0.375 e. The summed E-state index contributed by atoms with van der Waals surface area (Å²) in [5.41, 5.74) is 0. The molecule has 82 valence electrons. The van der Waals surface area contributed by atoms with Crippen molar-refractivity contribution in [1.82, 2.24) is 4.90 Å². The molecule has 1 saturated heterocycles. The van der Waals surface area contributed by atoms with Gasteiger partial charge in [0.2, 0.25) is 5.91 Å². The Morgan fingerprint density at radius 3 is 3.27 bits per heavy atom. The van der Waals surface area contributed by atoms with E-state index in [1.807, 2.05) is 29.3 Å². The molecule has 15 heavy (non-hydrogen) atoms. The highest BCUT2D eigenvalue weighted by Crippen LogP contribution is 2.12. The molecule has 4 heteroatoms. The van der Waals surface area contributed by atoms with Crippen LogP contribution in [0.25, 0.3) is 0 Å². The Morgan fingerprint density at radius 2 is 2.60 bits per heavy atom. The van der Waals surface area contributed by atoms with E-state index in [0.717, 1.165) is 18.0 Å². The van der Waals surface area contributed by atoms with Gasteiger partial charge >= 0.3 is 0 Å². The fourth-order valence-electron chi connectivity index (χ4n) is 1.72. The van der Waals surface area contributed by atoms with Crippen molar-refractivity contribution in [1.29, 1.82) is 0 Å². The van der Waals surface area contributed by atoms with Gasteiger partial charge in [-0.3, -0.25) is 4.79 Å². The van der Waals surface area contributed by atoms with Crippen LogP contribution < -0.4 is 0 Å². The maximum Gasteiger partial charge on any atom is 0.227 e. The second-order valence-corrected chi connectivity index (χ2v) is 4.81. The molecule has 2 rings (SSSR count). The van der Waals surface area contributed by atoms with Crippen molar-refractivity contribution in [3.05, 3.63) is 22.4 Å². The monoisotopic (exact) mass is 225 g/mol. The summed E-state index contributed by atoms with van der Waals surface area (Å²) in [6.45, 7) is 4.13.